The number of aromatic nitrogens is 2. The summed E-state index contributed by atoms with van der Waals surface area (Å²) in [6.07, 6.45) is 6.46. The quantitative estimate of drug-likeness (QED) is 0.564. The Hall–Kier alpha value is -1.85. The number of H-pyrrole nitrogens is 1. The van der Waals surface area contributed by atoms with Crippen molar-refractivity contribution in [3.05, 3.63) is 21.6 Å². The fourth-order valence-corrected chi connectivity index (χ4v) is 6.49. The van der Waals surface area contributed by atoms with Gasteiger partial charge in [0.2, 0.25) is 0 Å². The largest absolute Gasteiger partial charge is 0.444 e. The van der Waals surface area contributed by atoms with Gasteiger partial charge in [-0.05, 0) is 38.5 Å². The van der Waals surface area contributed by atoms with Crippen LogP contribution >= 0.6 is 11.6 Å². The number of nitrogens with one attached hydrogen (secondary N) is 3. The monoisotopic (exact) mass is 487 g/mol. The third kappa shape index (κ3) is 5.93. The minimum absolute atomic E-state index is 0.0797. The summed E-state index contributed by atoms with van der Waals surface area (Å²) in [4.78, 5) is 25.9. The van der Waals surface area contributed by atoms with E-state index in [9.17, 15) is 18.0 Å². The van der Waals surface area contributed by atoms with Gasteiger partial charge in [-0.1, -0.05) is 11.6 Å². The highest BCUT2D eigenvalue weighted by Gasteiger charge is 2.30. The highest BCUT2D eigenvalue weighted by atomic mass is 35.5. The van der Waals surface area contributed by atoms with E-state index in [-0.39, 0.29) is 34.7 Å². The van der Waals surface area contributed by atoms with Crippen molar-refractivity contribution in [2.45, 2.75) is 69.2 Å². The summed E-state index contributed by atoms with van der Waals surface area (Å²) >= 11 is 6.06. The van der Waals surface area contributed by atoms with E-state index in [1.807, 2.05) is 4.90 Å². The number of aromatic amines is 1. The number of anilines is 1. The van der Waals surface area contributed by atoms with Crippen LogP contribution in [0.25, 0.3) is 0 Å². The molecule has 0 bridgehead atoms. The number of sulfone groups is 1. The van der Waals surface area contributed by atoms with Crippen LogP contribution in [-0.2, 0) is 14.6 Å². The van der Waals surface area contributed by atoms with Gasteiger partial charge >= 0.3 is 6.09 Å². The van der Waals surface area contributed by atoms with E-state index in [0.29, 0.717) is 44.1 Å². The zero-order chi connectivity index (χ0) is 22.7. The topological polar surface area (TPSA) is 133 Å². The summed E-state index contributed by atoms with van der Waals surface area (Å²) in [5, 5.41) is 12.7. The average molecular weight is 488 g/mol. The second-order valence-corrected chi connectivity index (χ2v) is 11.6. The SMILES string of the molecule is O=C(NC1CCC(NC2CCS(=O)(=O)CC2)CC1)O[C@@H]1CCN(c2cn[nH]c(=O)c2Cl)C1. The van der Waals surface area contributed by atoms with E-state index in [2.05, 4.69) is 20.8 Å². The molecule has 4 rings (SSSR count). The third-order valence-corrected chi connectivity index (χ3v) is 8.69. The van der Waals surface area contributed by atoms with Gasteiger partial charge in [0.1, 0.15) is 21.0 Å². The van der Waals surface area contributed by atoms with Gasteiger partial charge < -0.3 is 20.3 Å². The first-order chi connectivity index (χ1) is 15.3. The number of amides is 1. The van der Waals surface area contributed by atoms with Crippen molar-refractivity contribution < 1.29 is 17.9 Å². The van der Waals surface area contributed by atoms with Crippen LogP contribution < -0.4 is 21.1 Å². The molecule has 3 N–H and O–H groups in total. The zero-order valence-corrected chi connectivity index (χ0v) is 19.5. The molecule has 1 amide bonds. The Labute approximate surface area is 192 Å². The fourth-order valence-electron chi connectivity index (χ4n) is 4.78. The van der Waals surface area contributed by atoms with Crippen molar-refractivity contribution in [3.63, 3.8) is 0 Å². The van der Waals surface area contributed by atoms with Gasteiger partial charge in [-0.3, -0.25) is 4.79 Å². The Balaban J connectivity index is 1.17. The standard InChI is InChI=1S/C20H30ClN5O5S/c21-18-17(11-22-25-19(18)27)26-8-5-16(12-26)31-20(28)24-14-3-1-13(2-4-14)23-15-6-9-32(29,30)10-7-15/h11,13-16,23H,1-10,12H2,(H,24,28)(H,25,27)/t13?,14?,16-/m1/s1. The van der Waals surface area contributed by atoms with Crippen LogP contribution in [0.5, 0.6) is 0 Å². The molecule has 1 aromatic rings. The Bertz CT molecular complexity index is 965. The van der Waals surface area contributed by atoms with Gasteiger partial charge in [0.05, 0.1) is 29.9 Å². The van der Waals surface area contributed by atoms with Crippen molar-refractivity contribution in [2.24, 2.45) is 0 Å². The summed E-state index contributed by atoms with van der Waals surface area (Å²) in [5.41, 5.74) is 0.105. The summed E-state index contributed by atoms with van der Waals surface area (Å²) in [5.74, 6) is 0.547. The second kappa shape index (κ2) is 9.96. The van der Waals surface area contributed by atoms with Crippen molar-refractivity contribution in [2.75, 3.05) is 29.5 Å². The zero-order valence-electron chi connectivity index (χ0n) is 17.9. The normalized spacial score (nSPS) is 28.4. The summed E-state index contributed by atoms with van der Waals surface area (Å²) in [6.45, 7) is 1.09. The van der Waals surface area contributed by atoms with E-state index in [4.69, 9.17) is 16.3 Å². The fraction of sp³-hybridized carbons (Fsp3) is 0.750. The number of nitrogens with zero attached hydrogens (tertiary/aromatic N) is 2. The molecule has 0 unspecified atom stereocenters. The number of ether oxygens (including phenoxy) is 1. The van der Waals surface area contributed by atoms with Crippen molar-refractivity contribution in [1.29, 1.82) is 0 Å². The van der Waals surface area contributed by atoms with E-state index < -0.39 is 21.5 Å². The van der Waals surface area contributed by atoms with E-state index in [1.165, 1.54) is 6.20 Å². The predicted octanol–water partition coefficient (Wildman–Crippen LogP) is 1.21. The Morgan fingerprint density at radius 3 is 2.47 bits per heavy atom. The highest BCUT2D eigenvalue weighted by Crippen LogP contribution is 2.26. The van der Waals surface area contributed by atoms with Crippen LogP contribution in [0.4, 0.5) is 10.5 Å². The summed E-state index contributed by atoms with van der Waals surface area (Å²) in [6, 6.07) is 0.717. The molecule has 32 heavy (non-hydrogen) atoms. The Morgan fingerprint density at radius 1 is 1.09 bits per heavy atom. The van der Waals surface area contributed by atoms with Gasteiger partial charge in [-0.2, -0.15) is 5.10 Å². The van der Waals surface area contributed by atoms with Gasteiger partial charge in [0.15, 0.2) is 0 Å². The van der Waals surface area contributed by atoms with E-state index >= 15 is 0 Å². The van der Waals surface area contributed by atoms with Crippen LogP contribution in [-0.4, -0.2) is 73.5 Å². The number of hydrogen-bond acceptors (Lipinski definition) is 8. The lowest BCUT2D eigenvalue weighted by Crippen LogP contribution is -2.47. The number of alkyl carbamates (subject to hydrolysis) is 1. The van der Waals surface area contributed by atoms with E-state index in [0.717, 1.165) is 25.7 Å². The minimum atomic E-state index is -2.84. The molecule has 2 aliphatic heterocycles. The number of hydrogen-bond donors (Lipinski definition) is 3. The maximum atomic E-state index is 12.4. The van der Waals surface area contributed by atoms with Crippen molar-refractivity contribution >= 4 is 33.2 Å². The molecule has 1 aliphatic carbocycles. The lowest BCUT2D eigenvalue weighted by molar-refractivity contribution is 0.102. The van der Waals surface area contributed by atoms with Crippen LogP contribution in [0.3, 0.4) is 0 Å². The molecule has 3 heterocycles. The molecule has 0 aromatic carbocycles. The number of carbonyl (C=O) groups is 1. The Morgan fingerprint density at radius 2 is 1.75 bits per heavy atom. The molecule has 1 saturated carbocycles. The maximum absolute atomic E-state index is 12.4. The molecule has 3 aliphatic rings. The third-order valence-electron chi connectivity index (χ3n) is 6.61. The molecule has 2 saturated heterocycles. The van der Waals surface area contributed by atoms with Crippen molar-refractivity contribution in [1.82, 2.24) is 20.8 Å². The average Bonchev–Trinajstić information content (AvgIpc) is 3.21. The Kier molecular flexibility index (Phi) is 7.26. The van der Waals surface area contributed by atoms with Gasteiger partial charge in [0, 0.05) is 31.1 Å². The number of halogens is 1. The summed E-state index contributed by atoms with van der Waals surface area (Å²) in [7, 11) is -2.84. The molecular weight excluding hydrogens is 458 g/mol. The van der Waals surface area contributed by atoms with Crippen LogP contribution in [0.2, 0.25) is 5.02 Å². The maximum Gasteiger partial charge on any atom is 0.407 e. The van der Waals surface area contributed by atoms with Gasteiger partial charge in [-0.15, -0.1) is 0 Å². The predicted molar refractivity (Wildman–Crippen MR) is 121 cm³/mol. The van der Waals surface area contributed by atoms with Crippen LogP contribution in [0, 0.1) is 0 Å². The number of rotatable bonds is 5. The molecule has 12 heteroatoms. The molecule has 3 fully saturated rings. The molecule has 10 nitrogen and oxygen atoms in total. The molecule has 1 atom stereocenters. The smallest absolute Gasteiger partial charge is 0.407 e. The first-order valence-electron chi connectivity index (χ1n) is 11.2. The molecule has 1 aromatic heterocycles. The molecule has 0 spiro atoms. The number of carbonyl (C=O) groups excluding carboxylic acids is 1. The lowest BCUT2D eigenvalue weighted by Gasteiger charge is -2.33. The van der Waals surface area contributed by atoms with Gasteiger partial charge in [0.25, 0.3) is 5.56 Å². The molecule has 178 valence electrons. The first-order valence-corrected chi connectivity index (χ1v) is 13.4. The van der Waals surface area contributed by atoms with E-state index in [1.54, 1.807) is 0 Å². The lowest BCUT2D eigenvalue weighted by atomic mass is 9.90. The minimum Gasteiger partial charge on any atom is -0.444 e. The highest BCUT2D eigenvalue weighted by molar-refractivity contribution is 7.91. The molecule has 0 radical (unpaired) electrons. The van der Waals surface area contributed by atoms with Crippen molar-refractivity contribution in [3.8, 4) is 0 Å². The van der Waals surface area contributed by atoms with Crippen LogP contribution in [0.1, 0.15) is 44.9 Å². The summed E-state index contributed by atoms with van der Waals surface area (Å²) < 4.78 is 28.7. The van der Waals surface area contributed by atoms with Gasteiger partial charge in [-0.25, -0.2) is 18.3 Å². The first kappa shape index (κ1) is 23.3. The van der Waals surface area contributed by atoms with Crippen LogP contribution in [0.15, 0.2) is 11.0 Å². The second-order valence-electron chi connectivity index (χ2n) is 8.95. The molecular formula is C20H30ClN5O5S.